The van der Waals surface area contributed by atoms with Crippen LogP contribution in [0.2, 0.25) is 5.02 Å². The van der Waals surface area contributed by atoms with Crippen molar-refractivity contribution < 1.29 is 29.8 Å². The molecule has 1 unspecified atom stereocenters. The van der Waals surface area contributed by atoms with E-state index in [0.717, 1.165) is 27.9 Å². The Morgan fingerprint density at radius 1 is 0.923 bits per heavy atom. The molecule has 2 nitrogen and oxygen atoms in total. The second-order valence-electron chi connectivity index (χ2n) is 5.78. The van der Waals surface area contributed by atoms with Gasteiger partial charge in [-0.2, -0.15) is 0 Å². The maximum absolute atomic E-state index is 12.7. The molecule has 128 valence electrons. The largest absolute Gasteiger partial charge is 1.00 e. The van der Waals surface area contributed by atoms with E-state index < -0.39 is 0 Å². The molecule has 0 radical (unpaired) electrons. The normalized spacial score (nSPS) is 10.6. The standard InChI is InChI=1S/C21H18ClO2P.Li.H/c1-14-7-6-10-18(22)20(14)21(23)25-19-12-11-17(13-15(19)2)24-16-8-4-3-5-9-16;;/h3-13,25H,1-2H3;;/q;+1;-1. The van der Waals surface area contributed by atoms with Gasteiger partial charge < -0.3 is 6.16 Å². The van der Waals surface area contributed by atoms with Crippen molar-refractivity contribution in [3.8, 4) is 11.5 Å². The molecule has 0 amide bonds. The van der Waals surface area contributed by atoms with Crippen molar-refractivity contribution in [2.45, 2.75) is 13.8 Å². The second kappa shape index (κ2) is 9.40. The number of hydrogen-bond donors (Lipinski definition) is 0. The number of ether oxygens (including phenoxy) is 1. The summed E-state index contributed by atoms with van der Waals surface area (Å²) in [6, 6.07) is 21.0. The summed E-state index contributed by atoms with van der Waals surface area (Å²) in [5, 5.41) is 1.52. The van der Waals surface area contributed by atoms with Gasteiger partial charge in [0.2, 0.25) is 0 Å². The third-order valence-corrected chi connectivity index (χ3v) is 5.50. The summed E-state index contributed by atoms with van der Waals surface area (Å²) in [5.74, 6) is 1.55. The molecule has 26 heavy (non-hydrogen) atoms. The molecule has 0 spiro atoms. The zero-order valence-corrected chi connectivity index (χ0v) is 16.8. The minimum atomic E-state index is 0. The van der Waals surface area contributed by atoms with Crippen LogP contribution in [0.1, 0.15) is 22.9 Å². The van der Waals surface area contributed by atoms with Gasteiger partial charge in [0, 0.05) is 5.56 Å². The van der Waals surface area contributed by atoms with Crippen LogP contribution in [0.15, 0.2) is 66.7 Å². The van der Waals surface area contributed by atoms with Crippen LogP contribution in [-0.2, 0) is 0 Å². The van der Waals surface area contributed by atoms with Crippen LogP contribution in [-0.4, -0.2) is 5.52 Å². The smallest absolute Gasteiger partial charge is 1.00 e. The molecule has 5 heteroatoms. The average Bonchev–Trinajstić information content (AvgIpc) is 2.58. The fraction of sp³-hybridized carbons (Fsp3) is 0.0952. The summed E-state index contributed by atoms with van der Waals surface area (Å²) in [4.78, 5) is 12.7. The Labute approximate surface area is 174 Å². The molecule has 0 saturated heterocycles. The molecule has 1 atom stereocenters. The number of halogens is 1. The fourth-order valence-corrected chi connectivity index (χ4v) is 4.09. The van der Waals surface area contributed by atoms with Gasteiger partial charge in [-0.15, -0.1) is 0 Å². The summed E-state index contributed by atoms with van der Waals surface area (Å²) < 4.78 is 5.84. The monoisotopic (exact) mass is 376 g/mol. The molecule has 0 aliphatic rings. The van der Waals surface area contributed by atoms with Gasteiger partial charge in [0.1, 0.15) is 11.5 Å². The number of hydrogen-bond acceptors (Lipinski definition) is 2. The summed E-state index contributed by atoms with van der Waals surface area (Å²) in [5.41, 5.74) is 2.62. The maximum Gasteiger partial charge on any atom is 1.00 e. The SMILES string of the molecule is Cc1cc(Oc2ccccc2)ccc1PC(=O)c1c(C)cccc1Cl.[H-].[Li+]. The molecule has 0 heterocycles. The zero-order chi connectivity index (χ0) is 17.8. The molecular formula is C21H19ClLiO2P. The van der Waals surface area contributed by atoms with Crippen molar-refractivity contribution in [2.24, 2.45) is 0 Å². The summed E-state index contributed by atoms with van der Waals surface area (Å²) in [6.45, 7) is 3.90. The van der Waals surface area contributed by atoms with Crippen LogP contribution in [0.4, 0.5) is 0 Å². The first-order valence-electron chi connectivity index (χ1n) is 7.94. The van der Waals surface area contributed by atoms with Crippen LogP contribution in [0, 0.1) is 13.8 Å². The van der Waals surface area contributed by atoms with Gasteiger partial charge in [0.05, 0.1) is 5.02 Å². The van der Waals surface area contributed by atoms with Crippen LogP contribution >= 0.6 is 20.2 Å². The van der Waals surface area contributed by atoms with Crippen LogP contribution in [0.25, 0.3) is 0 Å². The third-order valence-electron chi connectivity index (χ3n) is 3.87. The number of para-hydroxylation sites is 1. The predicted octanol–water partition coefficient (Wildman–Crippen LogP) is 3.01. The first-order chi connectivity index (χ1) is 12.0. The molecule has 3 aromatic rings. The molecule has 3 aromatic carbocycles. The van der Waals surface area contributed by atoms with E-state index >= 15 is 0 Å². The van der Waals surface area contributed by atoms with Crippen LogP contribution in [0.3, 0.4) is 0 Å². The van der Waals surface area contributed by atoms with Gasteiger partial charge in [-0.05, 0) is 69.2 Å². The Kier molecular flexibility index (Phi) is 7.51. The quantitative estimate of drug-likeness (QED) is 0.505. The van der Waals surface area contributed by atoms with Crippen molar-refractivity contribution in [1.29, 1.82) is 0 Å². The van der Waals surface area contributed by atoms with E-state index in [1.54, 1.807) is 6.07 Å². The van der Waals surface area contributed by atoms with Gasteiger partial charge in [-0.3, -0.25) is 4.79 Å². The van der Waals surface area contributed by atoms with Gasteiger partial charge in [-0.25, -0.2) is 0 Å². The van der Waals surface area contributed by atoms with Crippen molar-refractivity contribution in [3.63, 3.8) is 0 Å². The van der Waals surface area contributed by atoms with Crippen LogP contribution in [0.5, 0.6) is 11.5 Å². The summed E-state index contributed by atoms with van der Waals surface area (Å²) in [6.07, 6.45) is 0. The van der Waals surface area contributed by atoms with Gasteiger partial charge >= 0.3 is 18.9 Å². The number of carbonyl (C=O) groups excluding carboxylic acids is 1. The Morgan fingerprint density at radius 3 is 2.31 bits per heavy atom. The average molecular weight is 377 g/mol. The summed E-state index contributed by atoms with van der Waals surface area (Å²) >= 11 is 6.21. The van der Waals surface area contributed by atoms with Crippen molar-refractivity contribution >= 4 is 31.0 Å². The number of rotatable bonds is 5. The Balaban J connectivity index is 0.00000182. The second-order valence-corrected chi connectivity index (χ2v) is 7.43. The fourth-order valence-electron chi connectivity index (χ4n) is 2.57. The van der Waals surface area contributed by atoms with Crippen LogP contribution < -0.4 is 28.9 Å². The molecule has 0 N–H and O–H groups in total. The van der Waals surface area contributed by atoms with Gasteiger partial charge in [0.15, 0.2) is 5.52 Å². The van der Waals surface area contributed by atoms with E-state index in [2.05, 4.69) is 0 Å². The topological polar surface area (TPSA) is 26.3 Å². The minimum Gasteiger partial charge on any atom is -1.00 e. The number of benzene rings is 3. The molecule has 0 aliphatic carbocycles. The molecule has 0 aromatic heterocycles. The van der Waals surface area contributed by atoms with E-state index in [-0.39, 0.29) is 34.4 Å². The van der Waals surface area contributed by atoms with E-state index in [0.29, 0.717) is 10.6 Å². The van der Waals surface area contributed by atoms with Gasteiger partial charge in [-0.1, -0.05) is 48.0 Å². The molecule has 0 bridgehead atoms. The van der Waals surface area contributed by atoms with Crippen molar-refractivity contribution in [1.82, 2.24) is 0 Å². The molecule has 0 aliphatic heterocycles. The summed E-state index contributed by atoms with van der Waals surface area (Å²) in [7, 11) is 0.0327. The van der Waals surface area contributed by atoms with E-state index in [1.165, 1.54) is 0 Å². The zero-order valence-electron chi connectivity index (χ0n) is 16.0. The van der Waals surface area contributed by atoms with Crippen molar-refractivity contribution in [2.75, 3.05) is 0 Å². The number of carbonyl (C=O) groups is 1. The molecule has 0 saturated carbocycles. The van der Waals surface area contributed by atoms with E-state index in [4.69, 9.17) is 16.3 Å². The number of aryl methyl sites for hydroxylation is 2. The van der Waals surface area contributed by atoms with E-state index in [9.17, 15) is 4.79 Å². The Morgan fingerprint density at radius 2 is 1.65 bits per heavy atom. The first kappa shape index (κ1) is 20.8. The van der Waals surface area contributed by atoms with Crippen molar-refractivity contribution in [3.05, 3.63) is 88.4 Å². The Bertz CT molecular complexity index is 899. The third kappa shape index (κ3) is 5.00. The molecule has 3 rings (SSSR count). The van der Waals surface area contributed by atoms with E-state index in [1.807, 2.05) is 74.5 Å². The molecular weight excluding hydrogens is 358 g/mol. The maximum atomic E-state index is 12.7. The Hall–Kier alpha value is -1.55. The molecule has 0 fully saturated rings. The predicted molar refractivity (Wildman–Crippen MR) is 107 cm³/mol. The van der Waals surface area contributed by atoms with Gasteiger partial charge in [0.25, 0.3) is 0 Å². The minimum absolute atomic E-state index is 0. The first-order valence-corrected chi connectivity index (χ1v) is 9.32.